The summed E-state index contributed by atoms with van der Waals surface area (Å²) in [6.07, 6.45) is 2.54. The number of hydrogen-bond donors (Lipinski definition) is 1. The monoisotopic (exact) mass is 516 g/mol. The van der Waals surface area contributed by atoms with Crippen LogP contribution in [0.3, 0.4) is 0 Å². The summed E-state index contributed by atoms with van der Waals surface area (Å²) < 4.78 is 50.5. The number of rotatable bonds is 6. The van der Waals surface area contributed by atoms with Gasteiger partial charge in [-0.15, -0.1) is 0 Å². The first-order chi connectivity index (χ1) is 17.2. The number of halogens is 4. The lowest BCUT2D eigenvalue weighted by molar-refractivity contribution is 0.399. The highest BCUT2D eigenvalue weighted by molar-refractivity contribution is 6.32. The van der Waals surface area contributed by atoms with E-state index in [9.17, 15) is 18.0 Å². The molecule has 1 fully saturated rings. The number of pyridine rings is 1. The van der Waals surface area contributed by atoms with Crippen LogP contribution in [0.4, 0.5) is 19.0 Å². The van der Waals surface area contributed by atoms with Crippen molar-refractivity contribution in [3.05, 3.63) is 93.5 Å². The SMILES string of the molecule is C[C@H]1[C@@H](N)CN1c1cc(Oc2ccc(-n3ncn(Cc4c(F)cccc4F)c3=O)cc2F)c(Cl)cn1. The number of nitrogens with two attached hydrogens (primary N) is 1. The van der Waals surface area contributed by atoms with E-state index in [1.54, 1.807) is 6.07 Å². The average molecular weight is 517 g/mol. The Labute approximate surface area is 208 Å². The maximum Gasteiger partial charge on any atom is 0.350 e. The highest BCUT2D eigenvalue weighted by Crippen LogP contribution is 2.35. The first-order valence-electron chi connectivity index (χ1n) is 11.0. The fourth-order valence-corrected chi connectivity index (χ4v) is 4.02. The van der Waals surface area contributed by atoms with Gasteiger partial charge >= 0.3 is 5.69 Å². The number of nitrogens with zero attached hydrogens (tertiary/aromatic N) is 5. The Balaban J connectivity index is 1.38. The average Bonchev–Trinajstić information content (AvgIpc) is 3.22. The van der Waals surface area contributed by atoms with Gasteiger partial charge in [-0.25, -0.2) is 22.9 Å². The molecular formula is C24H20ClF3N6O2. The topological polar surface area (TPSA) is 91.2 Å². The van der Waals surface area contributed by atoms with Gasteiger partial charge in [-0.1, -0.05) is 17.7 Å². The largest absolute Gasteiger partial charge is 0.453 e. The quantitative estimate of drug-likeness (QED) is 0.418. The van der Waals surface area contributed by atoms with Gasteiger partial charge in [0, 0.05) is 36.3 Å². The second-order valence-electron chi connectivity index (χ2n) is 8.40. The van der Waals surface area contributed by atoms with Gasteiger partial charge in [0.05, 0.1) is 18.4 Å². The number of hydrogen-bond acceptors (Lipinski definition) is 6. The highest BCUT2D eigenvalue weighted by Gasteiger charge is 2.33. The lowest BCUT2D eigenvalue weighted by Crippen LogP contribution is -2.63. The van der Waals surface area contributed by atoms with Crippen LogP contribution in [0.2, 0.25) is 5.02 Å². The zero-order chi connectivity index (χ0) is 25.6. The van der Waals surface area contributed by atoms with Crippen molar-refractivity contribution in [3.8, 4) is 17.2 Å². The number of anilines is 1. The summed E-state index contributed by atoms with van der Waals surface area (Å²) in [6, 6.07) is 8.96. The van der Waals surface area contributed by atoms with E-state index in [-0.39, 0.29) is 46.4 Å². The third-order valence-electron chi connectivity index (χ3n) is 6.12. The molecule has 0 radical (unpaired) electrons. The lowest BCUT2D eigenvalue weighted by atomic mass is 9.99. The van der Waals surface area contributed by atoms with E-state index in [4.69, 9.17) is 22.1 Å². The van der Waals surface area contributed by atoms with Crippen LogP contribution >= 0.6 is 11.6 Å². The van der Waals surface area contributed by atoms with Crippen LogP contribution in [0, 0.1) is 17.5 Å². The third kappa shape index (κ3) is 4.31. The van der Waals surface area contributed by atoms with Crippen molar-refractivity contribution in [2.45, 2.75) is 25.6 Å². The van der Waals surface area contributed by atoms with E-state index < -0.39 is 23.1 Å². The molecule has 0 bridgehead atoms. The van der Waals surface area contributed by atoms with Gasteiger partial charge in [-0.05, 0) is 31.2 Å². The highest BCUT2D eigenvalue weighted by atomic mass is 35.5. The minimum absolute atomic E-state index is 0.0365. The molecule has 0 amide bonds. The summed E-state index contributed by atoms with van der Waals surface area (Å²) in [5.41, 5.74) is 5.07. The number of benzene rings is 2. The second-order valence-corrected chi connectivity index (χ2v) is 8.81. The molecule has 8 nitrogen and oxygen atoms in total. The van der Waals surface area contributed by atoms with E-state index >= 15 is 0 Å². The van der Waals surface area contributed by atoms with Crippen molar-refractivity contribution in [2.75, 3.05) is 11.4 Å². The van der Waals surface area contributed by atoms with Crippen molar-refractivity contribution >= 4 is 17.4 Å². The van der Waals surface area contributed by atoms with Gasteiger partial charge in [0.2, 0.25) is 0 Å². The van der Waals surface area contributed by atoms with Crippen molar-refractivity contribution < 1.29 is 17.9 Å². The van der Waals surface area contributed by atoms with Crippen LogP contribution in [0.1, 0.15) is 12.5 Å². The van der Waals surface area contributed by atoms with E-state index in [1.807, 2.05) is 11.8 Å². The first kappa shape index (κ1) is 23.9. The minimum Gasteiger partial charge on any atom is -0.453 e. The Kier molecular flexibility index (Phi) is 6.19. The maximum atomic E-state index is 14.9. The standard InChI is InChI=1S/C24H20ClF3N6O2/c1-13-20(29)11-33(13)23-8-22(16(25)9-30-23)36-21-6-5-14(7-19(21)28)34-24(35)32(12-31-34)10-15-17(26)3-2-4-18(15)27/h2-9,12-13,20H,10-11,29H2,1H3/t13-,20-/m0/s1. The zero-order valence-electron chi connectivity index (χ0n) is 18.9. The lowest BCUT2D eigenvalue weighted by Gasteiger charge is -2.45. The van der Waals surface area contributed by atoms with Crippen molar-refractivity contribution in [1.82, 2.24) is 19.3 Å². The molecule has 5 rings (SSSR count). The van der Waals surface area contributed by atoms with Gasteiger partial charge in [0.1, 0.15) is 28.8 Å². The molecule has 4 aromatic rings. The van der Waals surface area contributed by atoms with Crippen molar-refractivity contribution in [3.63, 3.8) is 0 Å². The van der Waals surface area contributed by atoms with Gasteiger partial charge < -0.3 is 15.4 Å². The summed E-state index contributed by atoms with van der Waals surface area (Å²) in [5.74, 6) is -1.67. The molecule has 12 heteroatoms. The van der Waals surface area contributed by atoms with Crippen LogP contribution < -0.4 is 21.1 Å². The molecule has 1 aliphatic heterocycles. The Bertz CT molecular complexity index is 1490. The molecule has 2 aromatic carbocycles. The van der Waals surface area contributed by atoms with E-state index in [1.165, 1.54) is 24.4 Å². The van der Waals surface area contributed by atoms with Crippen LogP contribution in [0.25, 0.3) is 5.69 Å². The Morgan fingerprint density at radius 3 is 2.53 bits per heavy atom. The summed E-state index contributed by atoms with van der Waals surface area (Å²) in [6.45, 7) is 2.23. The van der Waals surface area contributed by atoms with Gasteiger partial charge in [0.15, 0.2) is 17.3 Å². The fraction of sp³-hybridized carbons (Fsp3) is 0.208. The first-order valence-corrected chi connectivity index (χ1v) is 11.3. The predicted molar refractivity (Wildman–Crippen MR) is 127 cm³/mol. The van der Waals surface area contributed by atoms with Gasteiger partial charge in [-0.2, -0.15) is 9.78 Å². The summed E-state index contributed by atoms with van der Waals surface area (Å²) in [7, 11) is 0. The second kappa shape index (κ2) is 9.32. The molecule has 1 aliphatic rings. The van der Waals surface area contributed by atoms with Gasteiger partial charge in [0.25, 0.3) is 0 Å². The van der Waals surface area contributed by atoms with E-state index in [0.29, 0.717) is 12.4 Å². The van der Waals surface area contributed by atoms with Crippen LogP contribution in [0.5, 0.6) is 11.5 Å². The van der Waals surface area contributed by atoms with E-state index in [0.717, 1.165) is 33.8 Å². The summed E-state index contributed by atoms with van der Waals surface area (Å²) >= 11 is 6.20. The Hall–Kier alpha value is -3.83. The van der Waals surface area contributed by atoms with Crippen molar-refractivity contribution in [1.29, 1.82) is 0 Å². The normalized spacial score (nSPS) is 17.2. The summed E-state index contributed by atoms with van der Waals surface area (Å²) in [5, 5.41) is 4.13. The molecule has 0 unspecified atom stereocenters. The van der Waals surface area contributed by atoms with Crippen LogP contribution in [0.15, 0.2) is 59.8 Å². The molecular weight excluding hydrogens is 497 g/mol. The maximum absolute atomic E-state index is 14.9. The molecule has 2 aromatic heterocycles. The van der Waals surface area contributed by atoms with Crippen LogP contribution in [-0.2, 0) is 6.54 Å². The number of aromatic nitrogens is 4. The molecule has 0 saturated carbocycles. The van der Waals surface area contributed by atoms with Crippen LogP contribution in [-0.4, -0.2) is 38.0 Å². The molecule has 2 atom stereocenters. The third-order valence-corrected chi connectivity index (χ3v) is 6.41. The Morgan fingerprint density at radius 1 is 1.11 bits per heavy atom. The zero-order valence-corrected chi connectivity index (χ0v) is 19.7. The Morgan fingerprint density at radius 2 is 1.86 bits per heavy atom. The molecule has 186 valence electrons. The predicted octanol–water partition coefficient (Wildman–Crippen LogP) is 3.88. The van der Waals surface area contributed by atoms with Crippen molar-refractivity contribution in [2.24, 2.45) is 5.73 Å². The number of ether oxygens (including phenoxy) is 1. The minimum atomic E-state index is -0.786. The molecule has 2 N–H and O–H groups in total. The van der Waals surface area contributed by atoms with Gasteiger partial charge in [-0.3, -0.25) is 4.57 Å². The fourth-order valence-electron chi connectivity index (χ4n) is 3.88. The molecule has 36 heavy (non-hydrogen) atoms. The summed E-state index contributed by atoms with van der Waals surface area (Å²) in [4.78, 5) is 19.0. The van der Waals surface area contributed by atoms with E-state index in [2.05, 4.69) is 10.1 Å². The molecule has 0 aliphatic carbocycles. The molecule has 1 saturated heterocycles. The smallest absolute Gasteiger partial charge is 0.350 e. The molecule has 0 spiro atoms. The molecule has 3 heterocycles.